The second-order valence-corrected chi connectivity index (χ2v) is 7.40. The van der Waals surface area contributed by atoms with Gasteiger partial charge in [0.1, 0.15) is 16.3 Å². The molecule has 0 radical (unpaired) electrons. The lowest BCUT2D eigenvalue weighted by molar-refractivity contribution is 0.251. The Morgan fingerprint density at radius 2 is 2.22 bits per heavy atom. The van der Waals surface area contributed by atoms with Crippen LogP contribution in [0.1, 0.15) is 26.2 Å². The Bertz CT molecular complexity index is 1040. The quantitative estimate of drug-likeness (QED) is 0.603. The summed E-state index contributed by atoms with van der Waals surface area (Å²) in [7, 11) is 0. The molecular weight excluding hydrogens is 364 g/mol. The summed E-state index contributed by atoms with van der Waals surface area (Å²) in [5, 5.41) is 7.56. The average Bonchev–Trinajstić information content (AvgIpc) is 3.32. The summed E-state index contributed by atoms with van der Waals surface area (Å²) in [4.78, 5) is 31.8. The van der Waals surface area contributed by atoms with Gasteiger partial charge >= 0.3 is 6.03 Å². The van der Waals surface area contributed by atoms with E-state index in [-0.39, 0.29) is 17.6 Å². The third kappa shape index (κ3) is 3.95. The normalized spacial score (nSPS) is 13.5. The van der Waals surface area contributed by atoms with Gasteiger partial charge in [-0.3, -0.25) is 4.79 Å². The van der Waals surface area contributed by atoms with Crippen LogP contribution in [0.5, 0.6) is 5.75 Å². The fraction of sp³-hybridized carbons (Fsp3) is 0.316. The van der Waals surface area contributed by atoms with E-state index in [1.54, 1.807) is 18.2 Å². The number of anilines is 1. The van der Waals surface area contributed by atoms with E-state index in [4.69, 9.17) is 4.74 Å². The van der Waals surface area contributed by atoms with Gasteiger partial charge in [-0.1, -0.05) is 6.92 Å². The number of amides is 2. The summed E-state index contributed by atoms with van der Waals surface area (Å²) < 4.78 is 6.41. The Hall–Kier alpha value is -2.87. The first-order chi connectivity index (χ1) is 13.1. The van der Waals surface area contributed by atoms with E-state index in [0.717, 1.165) is 19.3 Å². The molecule has 1 fully saturated rings. The molecule has 7 nitrogen and oxygen atoms in total. The minimum Gasteiger partial charge on any atom is -0.493 e. The van der Waals surface area contributed by atoms with Crippen molar-refractivity contribution in [2.45, 2.75) is 32.2 Å². The number of hydrogen-bond acceptors (Lipinski definition) is 5. The van der Waals surface area contributed by atoms with Crippen LogP contribution >= 0.6 is 11.3 Å². The SMILES string of the molecule is CCCOc1ccc(NC(=O)NC2CC2)cc1-c1nc2ccsc2c(=O)[nH]1. The number of urea groups is 1. The number of nitrogens with one attached hydrogen (secondary N) is 3. The van der Waals surface area contributed by atoms with Crippen LogP contribution in [-0.4, -0.2) is 28.6 Å². The minimum absolute atomic E-state index is 0.184. The number of carbonyl (C=O) groups excluding carboxylic acids is 1. The molecular formula is C19H20N4O3S. The van der Waals surface area contributed by atoms with Crippen molar-refractivity contribution in [1.29, 1.82) is 0 Å². The van der Waals surface area contributed by atoms with Crippen LogP contribution in [0, 0.1) is 0 Å². The van der Waals surface area contributed by atoms with Crippen molar-refractivity contribution in [3.8, 4) is 17.1 Å². The third-order valence-electron chi connectivity index (χ3n) is 4.18. The molecule has 1 aliphatic rings. The number of fused-ring (bicyclic) bond motifs is 1. The Morgan fingerprint density at radius 1 is 1.37 bits per heavy atom. The van der Waals surface area contributed by atoms with E-state index in [2.05, 4.69) is 20.6 Å². The van der Waals surface area contributed by atoms with Crippen LogP contribution in [0.15, 0.2) is 34.4 Å². The number of aromatic amines is 1. The molecule has 0 unspecified atom stereocenters. The molecule has 140 valence electrons. The van der Waals surface area contributed by atoms with E-state index < -0.39 is 0 Å². The number of nitrogens with zero attached hydrogens (tertiary/aromatic N) is 1. The lowest BCUT2D eigenvalue weighted by atomic mass is 10.1. The number of carbonyl (C=O) groups is 1. The molecule has 27 heavy (non-hydrogen) atoms. The molecule has 4 rings (SSSR count). The Labute approximate surface area is 159 Å². The monoisotopic (exact) mass is 384 g/mol. The van der Waals surface area contributed by atoms with Crippen molar-refractivity contribution in [2.75, 3.05) is 11.9 Å². The maximum atomic E-state index is 12.3. The number of hydrogen-bond donors (Lipinski definition) is 3. The molecule has 0 atom stereocenters. The van der Waals surface area contributed by atoms with E-state index in [9.17, 15) is 9.59 Å². The van der Waals surface area contributed by atoms with E-state index in [1.807, 2.05) is 18.4 Å². The predicted molar refractivity (Wildman–Crippen MR) is 107 cm³/mol. The maximum Gasteiger partial charge on any atom is 0.319 e. The molecule has 0 spiro atoms. The molecule has 2 amide bonds. The van der Waals surface area contributed by atoms with Gasteiger partial charge in [0.25, 0.3) is 5.56 Å². The molecule has 0 saturated heterocycles. The lowest BCUT2D eigenvalue weighted by Crippen LogP contribution is -2.30. The lowest BCUT2D eigenvalue weighted by Gasteiger charge is -2.13. The first-order valence-electron chi connectivity index (χ1n) is 8.96. The Kier molecular flexibility index (Phi) is 4.81. The van der Waals surface area contributed by atoms with Crippen LogP contribution in [0.4, 0.5) is 10.5 Å². The molecule has 1 aromatic carbocycles. The van der Waals surface area contributed by atoms with E-state index >= 15 is 0 Å². The molecule has 0 aliphatic heterocycles. The van der Waals surface area contributed by atoms with Gasteiger partial charge in [0.2, 0.25) is 0 Å². The predicted octanol–water partition coefficient (Wildman–Crippen LogP) is 3.72. The summed E-state index contributed by atoms with van der Waals surface area (Å²) in [5.41, 5.74) is 1.71. The smallest absolute Gasteiger partial charge is 0.319 e. The van der Waals surface area contributed by atoms with Gasteiger partial charge in [0.15, 0.2) is 0 Å². The largest absolute Gasteiger partial charge is 0.493 e. The average molecular weight is 384 g/mol. The summed E-state index contributed by atoms with van der Waals surface area (Å²) in [6.07, 6.45) is 2.90. The molecule has 3 aromatic rings. The van der Waals surface area contributed by atoms with Gasteiger partial charge in [-0.2, -0.15) is 0 Å². The Balaban J connectivity index is 1.70. The standard InChI is InChI=1S/C19H20N4O3S/c1-2-8-26-15-6-5-12(21-19(25)20-11-3-4-11)10-13(15)17-22-14-7-9-27-16(14)18(24)23-17/h5-7,9-11H,2-4,8H2,1H3,(H2,20,21,25)(H,22,23,24). The summed E-state index contributed by atoms with van der Waals surface area (Å²) >= 11 is 1.36. The van der Waals surface area contributed by atoms with Crippen LogP contribution in [0.3, 0.4) is 0 Å². The second kappa shape index (κ2) is 7.40. The minimum atomic E-state index is -0.236. The molecule has 2 aromatic heterocycles. The fourth-order valence-corrected chi connectivity index (χ4v) is 3.44. The Morgan fingerprint density at radius 3 is 3.00 bits per heavy atom. The van der Waals surface area contributed by atoms with Crippen molar-refractivity contribution >= 4 is 33.3 Å². The molecule has 3 N–H and O–H groups in total. The highest BCUT2D eigenvalue weighted by Crippen LogP contribution is 2.31. The highest BCUT2D eigenvalue weighted by Gasteiger charge is 2.23. The van der Waals surface area contributed by atoms with Gasteiger partial charge in [-0.25, -0.2) is 9.78 Å². The molecule has 2 heterocycles. The number of thiophene rings is 1. The third-order valence-corrected chi connectivity index (χ3v) is 5.08. The van der Waals surface area contributed by atoms with Gasteiger partial charge in [-0.15, -0.1) is 11.3 Å². The van der Waals surface area contributed by atoms with Crippen molar-refractivity contribution in [1.82, 2.24) is 15.3 Å². The maximum absolute atomic E-state index is 12.3. The van der Waals surface area contributed by atoms with Crippen LogP contribution in [0.25, 0.3) is 21.6 Å². The van der Waals surface area contributed by atoms with Gasteiger partial charge in [-0.05, 0) is 48.9 Å². The molecule has 8 heteroatoms. The number of rotatable bonds is 6. The van der Waals surface area contributed by atoms with Crippen molar-refractivity contribution in [3.05, 3.63) is 40.0 Å². The van der Waals surface area contributed by atoms with Crippen LogP contribution in [-0.2, 0) is 0 Å². The first-order valence-corrected chi connectivity index (χ1v) is 9.84. The second-order valence-electron chi connectivity index (χ2n) is 6.48. The summed E-state index contributed by atoms with van der Waals surface area (Å²) in [6.45, 7) is 2.57. The van der Waals surface area contributed by atoms with Crippen LogP contribution in [0.2, 0.25) is 0 Å². The number of benzene rings is 1. The van der Waals surface area contributed by atoms with Gasteiger partial charge in [0.05, 0.1) is 17.7 Å². The zero-order valence-electron chi connectivity index (χ0n) is 14.9. The number of ether oxygens (including phenoxy) is 1. The number of aromatic nitrogens is 2. The molecule has 0 bridgehead atoms. The first kappa shape index (κ1) is 17.5. The van der Waals surface area contributed by atoms with E-state index in [0.29, 0.717) is 39.6 Å². The zero-order valence-corrected chi connectivity index (χ0v) is 15.7. The molecule has 1 aliphatic carbocycles. The van der Waals surface area contributed by atoms with Crippen molar-refractivity contribution in [2.24, 2.45) is 0 Å². The van der Waals surface area contributed by atoms with E-state index in [1.165, 1.54) is 11.3 Å². The highest BCUT2D eigenvalue weighted by molar-refractivity contribution is 7.17. The van der Waals surface area contributed by atoms with Gasteiger partial charge < -0.3 is 20.4 Å². The van der Waals surface area contributed by atoms with Crippen molar-refractivity contribution < 1.29 is 9.53 Å². The molecule has 1 saturated carbocycles. The zero-order chi connectivity index (χ0) is 18.8. The number of H-pyrrole nitrogens is 1. The summed E-state index contributed by atoms with van der Waals surface area (Å²) in [5.74, 6) is 1.03. The summed E-state index contributed by atoms with van der Waals surface area (Å²) in [6, 6.07) is 7.19. The van der Waals surface area contributed by atoms with Crippen LogP contribution < -0.4 is 20.9 Å². The highest BCUT2D eigenvalue weighted by atomic mass is 32.1. The van der Waals surface area contributed by atoms with Gasteiger partial charge in [0, 0.05) is 11.7 Å². The van der Waals surface area contributed by atoms with Crippen molar-refractivity contribution in [3.63, 3.8) is 0 Å². The fourth-order valence-electron chi connectivity index (χ4n) is 2.71. The topological polar surface area (TPSA) is 96.1 Å².